The van der Waals surface area contributed by atoms with Crippen molar-refractivity contribution in [3.63, 3.8) is 0 Å². The van der Waals surface area contributed by atoms with Gasteiger partial charge in [-0.3, -0.25) is 9.55 Å². The number of H-pyrrole nitrogens is 1. The van der Waals surface area contributed by atoms with E-state index in [1.807, 2.05) is 60.7 Å². The normalized spacial score (nSPS) is 10.7. The molecule has 1 heterocycles. The second-order valence-corrected chi connectivity index (χ2v) is 6.06. The van der Waals surface area contributed by atoms with E-state index in [1.54, 1.807) is 0 Å². The van der Waals surface area contributed by atoms with Crippen LogP contribution in [0.2, 0.25) is 0 Å². The SMILES string of the molecule is COC(=O)c1[nH]c(=O)n(-c2ccccc2)c1CCCOCc1ccccc1. The zero-order chi connectivity index (χ0) is 19.1. The number of benzene rings is 2. The van der Waals surface area contributed by atoms with Crippen LogP contribution in [0.1, 0.15) is 28.2 Å². The van der Waals surface area contributed by atoms with Gasteiger partial charge in [0.2, 0.25) is 0 Å². The highest BCUT2D eigenvalue weighted by molar-refractivity contribution is 5.88. The molecule has 140 valence electrons. The molecule has 0 amide bonds. The van der Waals surface area contributed by atoms with Gasteiger partial charge < -0.3 is 9.47 Å². The van der Waals surface area contributed by atoms with Crippen LogP contribution in [0.25, 0.3) is 5.69 Å². The number of aromatic amines is 1. The first-order valence-electron chi connectivity index (χ1n) is 8.80. The molecule has 2 aromatic carbocycles. The van der Waals surface area contributed by atoms with Crippen molar-refractivity contribution < 1.29 is 14.3 Å². The predicted molar refractivity (Wildman–Crippen MR) is 102 cm³/mol. The molecule has 0 bridgehead atoms. The maximum atomic E-state index is 12.4. The van der Waals surface area contributed by atoms with Crippen molar-refractivity contribution in [3.05, 3.63) is 88.1 Å². The number of ether oxygens (including phenoxy) is 2. The van der Waals surface area contributed by atoms with Crippen LogP contribution in [0, 0.1) is 0 Å². The van der Waals surface area contributed by atoms with Gasteiger partial charge in [0, 0.05) is 6.61 Å². The van der Waals surface area contributed by atoms with Gasteiger partial charge in [0.05, 0.1) is 25.1 Å². The summed E-state index contributed by atoms with van der Waals surface area (Å²) in [5.41, 5.74) is 2.24. The Morgan fingerprint density at radius 3 is 2.37 bits per heavy atom. The van der Waals surface area contributed by atoms with E-state index in [-0.39, 0.29) is 11.4 Å². The minimum Gasteiger partial charge on any atom is -0.464 e. The highest BCUT2D eigenvalue weighted by atomic mass is 16.5. The molecule has 3 rings (SSSR count). The number of hydrogen-bond donors (Lipinski definition) is 1. The van der Waals surface area contributed by atoms with E-state index < -0.39 is 5.97 Å². The lowest BCUT2D eigenvalue weighted by Gasteiger charge is -2.09. The van der Waals surface area contributed by atoms with Gasteiger partial charge in [-0.05, 0) is 30.5 Å². The van der Waals surface area contributed by atoms with Crippen LogP contribution < -0.4 is 5.69 Å². The Labute approximate surface area is 157 Å². The van der Waals surface area contributed by atoms with Crippen LogP contribution >= 0.6 is 0 Å². The van der Waals surface area contributed by atoms with E-state index in [2.05, 4.69) is 4.98 Å². The number of carbonyl (C=O) groups is 1. The van der Waals surface area contributed by atoms with E-state index in [0.29, 0.717) is 37.4 Å². The zero-order valence-electron chi connectivity index (χ0n) is 15.2. The standard InChI is InChI=1S/C21H22N2O4/c1-26-20(24)19-18(13-8-14-27-15-16-9-4-2-5-10-16)23(21(25)22-19)17-11-6-3-7-12-17/h2-7,9-12H,8,13-15H2,1H3,(H,22,25). The first kappa shape index (κ1) is 18.7. The molecule has 0 aliphatic rings. The number of nitrogens with one attached hydrogen (secondary N) is 1. The van der Waals surface area contributed by atoms with Crippen LogP contribution in [-0.2, 0) is 22.5 Å². The lowest BCUT2D eigenvalue weighted by molar-refractivity contribution is 0.0592. The van der Waals surface area contributed by atoms with E-state index in [9.17, 15) is 9.59 Å². The maximum Gasteiger partial charge on any atom is 0.356 e. The fourth-order valence-corrected chi connectivity index (χ4v) is 2.93. The van der Waals surface area contributed by atoms with Gasteiger partial charge in [0.25, 0.3) is 0 Å². The number of nitrogens with zero attached hydrogens (tertiary/aromatic N) is 1. The molecule has 1 aromatic heterocycles. The summed E-state index contributed by atoms with van der Waals surface area (Å²) in [6.45, 7) is 1.05. The first-order chi connectivity index (χ1) is 13.2. The Morgan fingerprint density at radius 1 is 1.04 bits per heavy atom. The topological polar surface area (TPSA) is 73.3 Å². The number of rotatable bonds is 8. The molecule has 1 N–H and O–H groups in total. The number of imidazole rings is 1. The van der Waals surface area contributed by atoms with Gasteiger partial charge in [-0.2, -0.15) is 0 Å². The summed E-state index contributed by atoms with van der Waals surface area (Å²) < 4.78 is 12.0. The van der Waals surface area contributed by atoms with Crippen molar-refractivity contribution in [2.75, 3.05) is 13.7 Å². The number of aromatic nitrogens is 2. The molecule has 6 heteroatoms. The molecule has 0 saturated heterocycles. The molecule has 3 aromatic rings. The summed E-state index contributed by atoms with van der Waals surface area (Å²) in [5.74, 6) is -0.554. The third-order valence-corrected chi connectivity index (χ3v) is 4.21. The summed E-state index contributed by atoms with van der Waals surface area (Å²) >= 11 is 0. The first-order valence-corrected chi connectivity index (χ1v) is 8.80. The molecule has 27 heavy (non-hydrogen) atoms. The minimum atomic E-state index is -0.554. The zero-order valence-corrected chi connectivity index (χ0v) is 15.2. The second-order valence-electron chi connectivity index (χ2n) is 6.06. The van der Waals surface area contributed by atoms with Gasteiger partial charge >= 0.3 is 11.7 Å². The van der Waals surface area contributed by atoms with Gasteiger partial charge in [-0.25, -0.2) is 9.59 Å². The van der Waals surface area contributed by atoms with E-state index in [1.165, 1.54) is 11.7 Å². The largest absolute Gasteiger partial charge is 0.464 e. The molecule has 0 unspecified atom stereocenters. The minimum absolute atomic E-state index is 0.189. The van der Waals surface area contributed by atoms with Crippen molar-refractivity contribution >= 4 is 5.97 Å². The molecule has 0 aliphatic heterocycles. The molecule has 0 fully saturated rings. The average Bonchev–Trinajstić information content (AvgIpc) is 3.04. The predicted octanol–water partition coefficient (Wildman–Crippen LogP) is 3.10. The molecule has 0 aliphatic carbocycles. The Hall–Kier alpha value is -3.12. The van der Waals surface area contributed by atoms with E-state index in [0.717, 1.165) is 5.56 Å². The molecular weight excluding hydrogens is 344 g/mol. The van der Waals surface area contributed by atoms with Crippen molar-refractivity contribution in [1.29, 1.82) is 0 Å². The Bertz CT molecular complexity index is 930. The van der Waals surface area contributed by atoms with Crippen LogP contribution in [0.15, 0.2) is 65.5 Å². The van der Waals surface area contributed by atoms with Gasteiger partial charge in [0.15, 0.2) is 0 Å². The number of para-hydroxylation sites is 1. The van der Waals surface area contributed by atoms with Crippen LogP contribution in [0.4, 0.5) is 0 Å². The summed E-state index contributed by atoms with van der Waals surface area (Å²) in [6, 6.07) is 19.1. The Kier molecular flexibility index (Phi) is 6.22. The van der Waals surface area contributed by atoms with Crippen LogP contribution in [0.5, 0.6) is 0 Å². The lowest BCUT2D eigenvalue weighted by Crippen LogP contribution is -2.17. The van der Waals surface area contributed by atoms with Gasteiger partial charge in [0.1, 0.15) is 5.69 Å². The van der Waals surface area contributed by atoms with E-state index in [4.69, 9.17) is 9.47 Å². The Balaban J connectivity index is 1.72. The van der Waals surface area contributed by atoms with Gasteiger partial charge in [-0.1, -0.05) is 48.5 Å². The summed E-state index contributed by atoms with van der Waals surface area (Å²) in [6.07, 6.45) is 1.17. The third-order valence-electron chi connectivity index (χ3n) is 4.21. The maximum absolute atomic E-state index is 12.4. The van der Waals surface area contributed by atoms with Crippen LogP contribution in [0.3, 0.4) is 0 Å². The second kappa shape index (κ2) is 9.00. The van der Waals surface area contributed by atoms with Crippen molar-refractivity contribution in [2.45, 2.75) is 19.4 Å². The van der Waals surface area contributed by atoms with Crippen molar-refractivity contribution in [3.8, 4) is 5.69 Å². The molecule has 6 nitrogen and oxygen atoms in total. The quantitative estimate of drug-likeness (QED) is 0.491. The average molecular weight is 366 g/mol. The van der Waals surface area contributed by atoms with Crippen molar-refractivity contribution in [2.24, 2.45) is 0 Å². The summed E-state index contributed by atoms with van der Waals surface area (Å²) in [4.78, 5) is 27.1. The fraction of sp³-hybridized carbons (Fsp3) is 0.238. The third kappa shape index (κ3) is 4.54. The summed E-state index contributed by atoms with van der Waals surface area (Å²) in [7, 11) is 1.30. The smallest absolute Gasteiger partial charge is 0.356 e. The molecule has 0 radical (unpaired) electrons. The highest BCUT2D eigenvalue weighted by Gasteiger charge is 2.21. The highest BCUT2D eigenvalue weighted by Crippen LogP contribution is 2.15. The number of carbonyl (C=O) groups excluding carboxylic acids is 1. The molecular formula is C21H22N2O4. The lowest BCUT2D eigenvalue weighted by atomic mass is 10.2. The molecule has 0 spiro atoms. The van der Waals surface area contributed by atoms with Crippen LogP contribution in [-0.4, -0.2) is 29.2 Å². The fourth-order valence-electron chi connectivity index (χ4n) is 2.93. The monoisotopic (exact) mass is 366 g/mol. The number of hydrogen-bond acceptors (Lipinski definition) is 4. The van der Waals surface area contributed by atoms with Gasteiger partial charge in [-0.15, -0.1) is 0 Å². The summed E-state index contributed by atoms with van der Waals surface area (Å²) in [5, 5.41) is 0. The molecule has 0 atom stereocenters. The Morgan fingerprint density at radius 2 is 1.70 bits per heavy atom. The number of methoxy groups -OCH3 is 1. The number of esters is 1. The van der Waals surface area contributed by atoms with E-state index >= 15 is 0 Å². The van der Waals surface area contributed by atoms with Crippen molar-refractivity contribution in [1.82, 2.24) is 9.55 Å². The molecule has 0 saturated carbocycles.